The van der Waals surface area contributed by atoms with Gasteiger partial charge < -0.3 is 29.9 Å². The second-order valence-electron chi connectivity index (χ2n) is 8.62. The number of β-amino-alcohol motifs (C(OH)–C–C–N with tert-alkyl or cyclic N) is 1. The molecule has 1 aliphatic heterocycles. The molecular formula is C21H36N2O7. The summed E-state index contributed by atoms with van der Waals surface area (Å²) in [5.41, 5.74) is -0.773. The van der Waals surface area contributed by atoms with Gasteiger partial charge in [0.2, 0.25) is 5.91 Å². The van der Waals surface area contributed by atoms with Crippen molar-refractivity contribution in [3.8, 4) is 0 Å². The fourth-order valence-corrected chi connectivity index (χ4v) is 3.35. The van der Waals surface area contributed by atoms with Crippen LogP contribution in [-0.2, 0) is 19.1 Å². The summed E-state index contributed by atoms with van der Waals surface area (Å²) in [6.07, 6.45) is 0.888. The van der Waals surface area contributed by atoms with E-state index in [9.17, 15) is 24.6 Å². The average Bonchev–Trinajstić information content (AvgIpc) is 3.02. The van der Waals surface area contributed by atoms with E-state index in [4.69, 9.17) is 9.47 Å². The molecule has 1 saturated heterocycles. The van der Waals surface area contributed by atoms with Gasteiger partial charge in [-0.15, -0.1) is 6.58 Å². The molecule has 1 rings (SSSR count). The normalized spacial score (nSPS) is 22.1. The van der Waals surface area contributed by atoms with E-state index in [0.717, 1.165) is 11.3 Å². The molecule has 5 atom stereocenters. The van der Waals surface area contributed by atoms with Gasteiger partial charge in [0.15, 0.2) is 0 Å². The third kappa shape index (κ3) is 7.95. The summed E-state index contributed by atoms with van der Waals surface area (Å²) < 4.78 is 11.3. The van der Waals surface area contributed by atoms with Gasteiger partial charge in [0.25, 0.3) is 0 Å². The fraction of sp³-hybridized carbons (Fsp3) is 0.762. The number of hydrogen-bond donors (Lipinski definition) is 3. The molecule has 30 heavy (non-hydrogen) atoms. The lowest BCUT2D eigenvalue weighted by molar-refractivity contribution is -0.151. The van der Waals surface area contributed by atoms with Crippen LogP contribution in [0, 0.1) is 0 Å². The number of carboxylic acid groups (broad SMARTS) is 1. The van der Waals surface area contributed by atoms with E-state index in [1.165, 1.54) is 0 Å². The molecule has 3 N–H and O–H groups in total. The maximum absolute atomic E-state index is 13.3. The Balaban J connectivity index is 3.11. The predicted octanol–water partition coefficient (Wildman–Crippen LogP) is 2.08. The number of amides is 2. The number of ether oxygens (including phenoxy) is 2. The van der Waals surface area contributed by atoms with Crippen molar-refractivity contribution < 1.29 is 34.1 Å². The number of aliphatic hydroxyl groups excluding tert-OH is 1. The number of alkyl carbamates (subject to hydrolysis) is 1. The Morgan fingerprint density at radius 3 is 2.47 bits per heavy atom. The maximum Gasteiger partial charge on any atom is 0.408 e. The van der Waals surface area contributed by atoms with E-state index in [1.807, 2.05) is 13.8 Å². The van der Waals surface area contributed by atoms with Crippen molar-refractivity contribution in [1.29, 1.82) is 0 Å². The quantitative estimate of drug-likeness (QED) is 0.455. The number of carboxylic acids is 1. The van der Waals surface area contributed by atoms with Crippen molar-refractivity contribution >= 4 is 18.0 Å². The predicted molar refractivity (Wildman–Crippen MR) is 111 cm³/mol. The van der Waals surface area contributed by atoms with E-state index >= 15 is 0 Å². The Bertz CT molecular complexity index is 617. The van der Waals surface area contributed by atoms with Crippen LogP contribution < -0.4 is 5.32 Å². The molecular weight excluding hydrogens is 392 g/mol. The highest BCUT2D eigenvalue weighted by Gasteiger charge is 2.44. The molecule has 0 aromatic carbocycles. The van der Waals surface area contributed by atoms with E-state index in [1.54, 1.807) is 26.8 Å². The number of carbonyl (C=O) groups excluding carboxylic acids is 2. The standard InChI is InChI=1S/C21H36N2O7/c1-7-9-10-13(3)29-16(8-2)17(22-20(28)30-21(4,5)6)18(25)23-12-14(24)11-15(23)19(26)27/h7,13-17,24H,1,8-12H2,2-6H3,(H,22,28)(H,26,27). The molecule has 0 bridgehead atoms. The minimum absolute atomic E-state index is 0.0619. The third-order valence-corrected chi connectivity index (χ3v) is 4.74. The molecule has 5 unspecified atom stereocenters. The van der Waals surface area contributed by atoms with Crippen LogP contribution in [0.1, 0.15) is 60.3 Å². The molecule has 0 spiro atoms. The lowest BCUT2D eigenvalue weighted by Gasteiger charge is -2.33. The van der Waals surface area contributed by atoms with Crippen molar-refractivity contribution in [3.05, 3.63) is 12.7 Å². The zero-order valence-corrected chi connectivity index (χ0v) is 18.6. The summed E-state index contributed by atoms with van der Waals surface area (Å²) in [7, 11) is 0. The molecule has 1 fully saturated rings. The van der Waals surface area contributed by atoms with Gasteiger partial charge >= 0.3 is 12.1 Å². The Morgan fingerprint density at radius 1 is 1.33 bits per heavy atom. The summed E-state index contributed by atoms with van der Waals surface area (Å²) in [5, 5.41) is 21.9. The molecule has 0 saturated carbocycles. The van der Waals surface area contributed by atoms with Crippen molar-refractivity contribution in [1.82, 2.24) is 10.2 Å². The van der Waals surface area contributed by atoms with Crippen molar-refractivity contribution in [3.63, 3.8) is 0 Å². The molecule has 9 heteroatoms. The first-order valence-electron chi connectivity index (χ1n) is 10.4. The summed E-state index contributed by atoms with van der Waals surface area (Å²) in [6.45, 7) is 12.3. The first-order chi connectivity index (χ1) is 13.9. The Kier molecular flexibility index (Phi) is 9.77. The zero-order valence-electron chi connectivity index (χ0n) is 18.6. The van der Waals surface area contributed by atoms with Crippen molar-refractivity contribution in [2.75, 3.05) is 6.54 Å². The highest BCUT2D eigenvalue weighted by Crippen LogP contribution is 2.22. The summed E-state index contributed by atoms with van der Waals surface area (Å²) >= 11 is 0. The zero-order chi connectivity index (χ0) is 23.1. The fourth-order valence-electron chi connectivity index (χ4n) is 3.35. The molecule has 0 aromatic heterocycles. The summed E-state index contributed by atoms with van der Waals surface area (Å²) in [4.78, 5) is 38.4. The second-order valence-corrected chi connectivity index (χ2v) is 8.62. The second kappa shape index (κ2) is 11.3. The molecule has 172 valence electrons. The number of carbonyl (C=O) groups is 3. The van der Waals surface area contributed by atoms with Gasteiger partial charge in [-0.3, -0.25) is 4.79 Å². The van der Waals surface area contributed by atoms with Crippen molar-refractivity contribution in [2.24, 2.45) is 0 Å². The van der Waals surface area contributed by atoms with Crippen LogP contribution in [0.4, 0.5) is 4.79 Å². The van der Waals surface area contributed by atoms with Gasteiger partial charge in [-0.25, -0.2) is 9.59 Å². The van der Waals surface area contributed by atoms with E-state index in [2.05, 4.69) is 11.9 Å². The molecule has 0 radical (unpaired) electrons. The Hall–Kier alpha value is -2.13. The van der Waals surface area contributed by atoms with Gasteiger partial charge in [0.1, 0.15) is 17.7 Å². The highest BCUT2D eigenvalue weighted by molar-refractivity contribution is 5.90. The maximum atomic E-state index is 13.3. The first-order valence-corrected chi connectivity index (χ1v) is 10.4. The van der Waals surface area contributed by atoms with Crippen LogP contribution in [-0.4, -0.2) is 75.6 Å². The van der Waals surface area contributed by atoms with Gasteiger partial charge in [-0.2, -0.15) is 0 Å². The number of aliphatic carboxylic acids is 1. The lowest BCUT2D eigenvalue weighted by Crippen LogP contribution is -2.58. The number of aliphatic hydroxyl groups is 1. The van der Waals surface area contributed by atoms with Gasteiger partial charge in [0, 0.05) is 13.0 Å². The molecule has 1 aliphatic rings. The molecule has 2 amide bonds. The molecule has 0 aliphatic carbocycles. The first kappa shape index (κ1) is 25.9. The smallest absolute Gasteiger partial charge is 0.408 e. The molecule has 1 heterocycles. The van der Waals surface area contributed by atoms with Gasteiger partial charge in [-0.1, -0.05) is 13.0 Å². The number of rotatable bonds is 10. The lowest BCUT2D eigenvalue weighted by atomic mass is 10.1. The topological polar surface area (TPSA) is 125 Å². The van der Waals surface area contributed by atoms with E-state index in [-0.39, 0.29) is 19.1 Å². The average molecular weight is 429 g/mol. The molecule has 0 aromatic rings. The highest BCUT2D eigenvalue weighted by atomic mass is 16.6. The van der Waals surface area contributed by atoms with Gasteiger partial charge in [-0.05, 0) is 47.0 Å². The van der Waals surface area contributed by atoms with Crippen LogP contribution in [0.3, 0.4) is 0 Å². The van der Waals surface area contributed by atoms with E-state index < -0.39 is 47.9 Å². The van der Waals surface area contributed by atoms with Crippen LogP contribution in [0.25, 0.3) is 0 Å². The van der Waals surface area contributed by atoms with Crippen molar-refractivity contribution in [2.45, 2.75) is 96.3 Å². The number of likely N-dealkylation sites (tertiary alicyclic amines) is 1. The minimum Gasteiger partial charge on any atom is -0.480 e. The van der Waals surface area contributed by atoms with Crippen LogP contribution >= 0.6 is 0 Å². The SMILES string of the molecule is C=CCCC(C)OC(CC)C(NC(=O)OC(C)(C)C)C(=O)N1CC(O)CC1C(=O)O. The minimum atomic E-state index is -1.20. The summed E-state index contributed by atoms with van der Waals surface area (Å²) in [5.74, 6) is -1.82. The number of allylic oxidation sites excluding steroid dienone is 1. The Labute approximate surface area is 178 Å². The van der Waals surface area contributed by atoms with Crippen LogP contribution in [0.2, 0.25) is 0 Å². The number of nitrogens with zero attached hydrogens (tertiary/aromatic N) is 1. The van der Waals surface area contributed by atoms with Crippen LogP contribution in [0.5, 0.6) is 0 Å². The Morgan fingerprint density at radius 2 is 1.97 bits per heavy atom. The summed E-state index contributed by atoms with van der Waals surface area (Å²) in [6, 6.07) is -2.31. The monoisotopic (exact) mass is 428 g/mol. The number of nitrogens with one attached hydrogen (secondary N) is 1. The largest absolute Gasteiger partial charge is 0.480 e. The van der Waals surface area contributed by atoms with Gasteiger partial charge in [0.05, 0.1) is 18.3 Å². The van der Waals surface area contributed by atoms with Crippen LogP contribution in [0.15, 0.2) is 12.7 Å². The van der Waals surface area contributed by atoms with E-state index in [0.29, 0.717) is 12.8 Å². The number of hydrogen-bond acceptors (Lipinski definition) is 6. The third-order valence-electron chi connectivity index (χ3n) is 4.74. The molecule has 9 nitrogen and oxygen atoms in total.